The molecular formula is C13H22N4O5S. The maximum absolute atomic E-state index is 12.2. The van der Waals surface area contributed by atoms with Gasteiger partial charge in [0, 0.05) is 12.2 Å². The summed E-state index contributed by atoms with van der Waals surface area (Å²) in [6.07, 6.45) is -0.978. The Labute approximate surface area is 138 Å². The Bertz CT molecular complexity index is 495. The molecule has 0 aliphatic carbocycles. The van der Waals surface area contributed by atoms with Crippen molar-refractivity contribution in [3.05, 3.63) is 0 Å². The first-order valence-electron chi connectivity index (χ1n) is 7.36. The normalized spacial score (nSPS) is 24.8. The van der Waals surface area contributed by atoms with Gasteiger partial charge < -0.3 is 26.2 Å². The fraction of sp³-hybridized carbons (Fsp3) is 0.769. The molecule has 0 saturated carbocycles. The van der Waals surface area contributed by atoms with Crippen LogP contribution in [0.2, 0.25) is 0 Å². The summed E-state index contributed by atoms with van der Waals surface area (Å²) >= 11 is 1.54. The topological polar surface area (TPSA) is 145 Å². The first-order valence-corrected chi connectivity index (χ1v) is 8.34. The fourth-order valence-electron chi connectivity index (χ4n) is 2.65. The van der Waals surface area contributed by atoms with Crippen LogP contribution in [0.15, 0.2) is 0 Å². The second kappa shape index (κ2) is 7.04. The van der Waals surface area contributed by atoms with Crippen LogP contribution in [0, 0.1) is 0 Å². The van der Waals surface area contributed by atoms with E-state index < -0.39 is 30.0 Å². The lowest BCUT2D eigenvalue weighted by molar-refractivity contribution is -0.138. The van der Waals surface area contributed by atoms with Crippen LogP contribution in [0.4, 0.5) is 0 Å². The molecule has 0 radical (unpaired) electrons. The van der Waals surface area contributed by atoms with E-state index in [2.05, 4.69) is 10.6 Å². The highest BCUT2D eigenvalue weighted by Crippen LogP contribution is 2.38. The number of carbonyl (C=O) groups excluding carboxylic acids is 3. The maximum atomic E-state index is 12.2. The molecule has 1 spiro atoms. The number of primary amides is 1. The van der Waals surface area contributed by atoms with Gasteiger partial charge in [-0.15, -0.1) is 11.8 Å². The Kier molecular flexibility index (Phi) is 5.50. The van der Waals surface area contributed by atoms with Gasteiger partial charge in [0.1, 0.15) is 10.9 Å². The van der Waals surface area contributed by atoms with Crippen molar-refractivity contribution in [2.45, 2.75) is 36.4 Å². The van der Waals surface area contributed by atoms with Crippen molar-refractivity contribution < 1.29 is 24.6 Å². The largest absolute Gasteiger partial charge is 0.396 e. The second-order valence-corrected chi connectivity index (χ2v) is 7.26. The molecule has 0 unspecified atom stereocenters. The molecule has 2 saturated heterocycles. The van der Waals surface area contributed by atoms with Crippen LogP contribution < -0.4 is 16.4 Å². The molecule has 10 heteroatoms. The zero-order chi connectivity index (χ0) is 17.2. The van der Waals surface area contributed by atoms with Gasteiger partial charge in [-0.25, -0.2) is 0 Å². The van der Waals surface area contributed by atoms with Gasteiger partial charge >= 0.3 is 0 Å². The third kappa shape index (κ3) is 3.94. The molecule has 9 nitrogen and oxygen atoms in total. The minimum Gasteiger partial charge on any atom is -0.396 e. The van der Waals surface area contributed by atoms with Gasteiger partial charge in [0.2, 0.25) is 17.7 Å². The van der Waals surface area contributed by atoms with E-state index in [1.165, 1.54) is 6.92 Å². The number of hydrogen-bond donors (Lipinski definition) is 5. The number of nitrogens with two attached hydrogens (primary N) is 1. The summed E-state index contributed by atoms with van der Waals surface area (Å²) in [6, 6.07) is -1.65. The van der Waals surface area contributed by atoms with Gasteiger partial charge in [-0.05, 0) is 6.92 Å². The number of aliphatic hydroxyl groups excluding tert-OH is 2. The molecule has 2 aliphatic heterocycles. The van der Waals surface area contributed by atoms with Crippen molar-refractivity contribution in [2.24, 2.45) is 5.73 Å². The molecule has 0 aromatic carbocycles. The maximum Gasteiger partial charge on any atom is 0.242 e. The van der Waals surface area contributed by atoms with Gasteiger partial charge in [0.15, 0.2) is 0 Å². The minimum atomic E-state index is -1.13. The molecule has 0 aromatic heterocycles. The van der Waals surface area contributed by atoms with E-state index in [4.69, 9.17) is 10.8 Å². The molecule has 2 heterocycles. The summed E-state index contributed by atoms with van der Waals surface area (Å²) in [5.41, 5.74) is 5.15. The van der Waals surface area contributed by atoms with Crippen LogP contribution >= 0.6 is 11.8 Å². The Morgan fingerprint density at radius 3 is 2.65 bits per heavy atom. The van der Waals surface area contributed by atoms with Crippen LogP contribution in [0.25, 0.3) is 0 Å². The highest BCUT2D eigenvalue weighted by Gasteiger charge is 2.51. The standard InChI is InChI=1S/C13H22N4O5S/c1-7(19)10(11(14)21)15-12(22)8-4-23-13(16-8)5-17(6-13)9(20)2-3-18/h7-8,10,16,18-19H,2-6H2,1H3,(H2,14,21)(H,15,22)/t7-,8+,10+/m1/s1. The summed E-state index contributed by atoms with van der Waals surface area (Å²) in [6.45, 7) is 2.14. The average Bonchev–Trinajstić information content (AvgIpc) is 2.87. The Morgan fingerprint density at radius 2 is 2.13 bits per heavy atom. The Morgan fingerprint density at radius 1 is 1.48 bits per heavy atom. The monoisotopic (exact) mass is 346 g/mol. The summed E-state index contributed by atoms with van der Waals surface area (Å²) in [5, 5.41) is 23.9. The number of likely N-dealkylation sites (tertiary alicyclic amines) is 1. The SMILES string of the molecule is C[C@@H](O)[C@H](NC(=O)[C@@H]1CSC2(CN(C(=O)CCO)C2)N1)C(N)=O. The zero-order valence-corrected chi connectivity index (χ0v) is 13.6. The van der Waals surface area contributed by atoms with Gasteiger partial charge in [0.05, 0.1) is 31.8 Å². The lowest BCUT2D eigenvalue weighted by Gasteiger charge is -2.47. The quantitative estimate of drug-likeness (QED) is 0.344. The number of rotatable bonds is 6. The van der Waals surface area contributed by atoms with Gasteiger partial charge in [-0.2, -0.15) is 0 Å². The van der Waals surface area contributed by atoms with Crippen molar-refractivity contribution in [3.63, 3.8) is 0 Å². The van der Waals surface area contributed by atoms with Gasteiger partial charge in [-0.3, -0.25) is 19.7 Å². The van der Waals surface area contributed by atoms with E-state index in [-0.39, 0.29) is 23.8 Å². The number of nitrogens with zero attached hydrogens (tertiary/aromatic N) is 1. The molecule has 3 amide bonds. The Hall–Kier alpha value is -1.36. The third-order valence-electron chi connectivity index (χ3n) is 3.94. The van der Waals surface area contributed by atoms with E-state index in [1.807, 2.05) is 0 Å². The smallest absolute Gasteiger partial charge is 0.242 e. The van der Waals surface area contributed by atoms with Crippen molar-refractivity contribution in [2.75, 3.05) is 25.4 Å². The first-order chi connectivity index (χ1) is 10.8. The molecule has 3 atom stereocenters. The summed E-state index contributed by atoms with van der Waals surface area (Å²) < 4.78 is 0. The minimum absolute atomic E-state index is 0.0966. The molecule has 2 rings (SSSR count). The number of amides is 3. The predicted molar refractivity (Wildman–Crippen MR) is 83.2 cm³/mol. The molecule has 2 aliphatic rings. The van der Waals surface area contributed by atoms with Gasteiger partial charge in [-0.1, -0.05) is 0 Å². The van der Waals surface area contributed by atoms with E-state index in [0.717, 1.165) is 0 Å². The lowest BCUT2D eigenvalue weighted by Crippen LogP contribution is -2.68. The molecule has 130 valence electrons. The predicted octanol–water partition coefficient (Wildman–Crippen LogP) is -3.04. The lowest BCUT2D eigenvalue weighted by atomic mass is 10.1. The highest BCUT2D eigenvalue weighted by atomic mass is 32.2. The molecule has 6 N–H and O–H groups in total. The number of nitrogens with one attached hydrogen (secondary N) is 2. The van der Waals surface area contributed by atoms with Crippen molar-refractivity contribution in [3.8, 4) is 0 Å². The Balaban J connectivity index is 1.85. The highest BCUT2D eigenvalue weighted by molar-refractivity contribution is 8.01. The zero-order valence-electron chi connectivity index (χ0n) is 12.8. The molecule has 0 aromatic rings. The van der Waals surface area contributed by atoms with E-state index in [9.17, 15) is 19.5 Å². The van der Waals surface area contributed by atoms with Crippen molar-refractivity contribution in [1.29, 1.82) is 0 Å². The first kappa shape index (κ1) is 18.0. The molecule has 2 fully saturated rings. The number of thioether (sulfide) groups is 1. The summed E-state index contributed by atoms with van der Waals surface area (Å²) in [5.74, 6) is -0.812. The van der Waals surface area contributed by atoms with Gasteiger partial charge in [0.25, 0.3) is 0 Å². The van der Waals surface area contributed by atoms with E-state index in [1.54, 1.807) is 16.7 Å². The van der Waals surface area contributed by atoms with Crippen LogP contribution in [0.1, 0.15) is 13.3 Å². The van der Waals surface area contributed by atoms with Crippen molar-refractivity contribution >= 4 is 29.5 Å². The molecular weight excluding hydrogens is 324 g/mol. The van der Waals surface area contributed by atoms with Crippen LogP contribution in [0.5, 0.6) is 0 Å². The third-order valence-corrected chi connectivity index (χ3v) is 5.37. The van der Waals surface area contributed by atoms with E-state index in [0.29, 0.717) is 18.8 Å². The number of carbonyl (C=O) groups is 3. The van der Waals surface area contributed by atoms with Crippen LogP contribution in [0.3, 0.4) is 0 Å². The van der Waals surface area contributed by atoms with Crippen LogP contribution in [-0.4, -0.2) is 81.3 Å². The fourth-order valence-corrected chi connectivity index (χ4v) is 4.09. The summed E-state index contributed by atoms with van der Waals surface area (Å²) in [4.78, 5) is 36.3. The molecule has 0 bridgehead atoms. The molecule has 23 heavy (non-hydrogen) atoms. The summed E-state index contributed by atoms with van der Waals surface area (Å²) in [7, 11) is 0. The van der Waals surface area contributed by atoms with Crippen LogP contribution in [-0.2, 0) is 14.4 Å². The van der Waals surface area contributed by atoms with Crippen molar-refractivity contribution in [1.82, 2.24) is 15.5 Å². The van der Waals surface area contributed by atoms with E-state index >= 15 is 0 Å². The number of aliphatic hydroxyl groups is 2. The second-order valence-electron chi connectivity index (χ2n) is 5.85. The average molecular weight is 346 g/mol. The number of hydrogen-bond acceptors (Lipinski definition) is 7.